The molecule has 1 saturated heterocycles. The lowest BCUT2D eigenvalue weighted by molar-refractivity contribution is -0.145. The summed E-state index contributed by atoms with van der Waals surface area (Å²) in [5.41, 5.74) is 12.4. The number of primary amides is 2. The number of piperidine rings is 1. The molecule has 1 aliphatic carbocycles. The van der Waals surface area contributed by atoms with Crippen LogP contribution >= 0.6 is 0 Å². The van der Waals surface area contributed by atoms with Crippen molar-refractivity contribution in [2.24, 2.45) is 17.4 Å². The van der Waals surface area contributed by atoms with E-state index in [9.17, 15) is 19.2 Å². The molecule has 1 aliphatic heterocycles. The molecule has 10 heteroatoms. The maximum atomic E-state index is 14.3. The van der Waals surface area contributed by atoms with Gasteiger partial charge in [0.05, 0.1) is 20.1 Å². The quantitative estimate of drug-likeness (QED) is 0.399. The van der Waals surface area contributed by atoms with E-state index in [1.807, 2.05) is 19.1 Å². The van der Waals surface area contributed by atoms with E-state index in [2.05, 4.69) is 5.32 Å². The number of nitrogens with two attached hydrogens (primary N) is 2. The number of carbonyl (C=O) groups is 4. The summed E-state index contributed by atoms with van der Waals surface area (Å²) in [4.78, 5) is 52.5. The van der Waals surface area contributed by atoms with Gasteiger partial charge in [-0.15, -0.1) is 0 Å². The normalized spacial score (nSPS) is 19.8. The van der Waals surface area contributed by atoms with Gasteiger partial charge in [0.2, 0.25) is 23.6 Å². The summed E-state index contributed by atoms with van der Waals surface area (Å²) >= 11 is 0. The summed E-state index contributed by atoms with van der Waals surface area (Å²) in [6.45, 7) is 2.38. The molecule has 1 aromatic carbocycles. The zero-order valence-corrected chi connectivity index (χ0v) is 22.8. The summed E-state index contributed by atoms with van der Waals surface area (Å²) in [6, 6.07) is 2.12. The number of methoxy groups -OCH3 is 2. The molecule has 1 heterocycles. The van der Waals surface area contributed by atoms with E-state index in [1.165, 1.54) is 0 Å². The molecule has 3 atom stereocenters. The van der Waals surface area contributed by atoms with Crippen LogP contribution in [0.25, 0.3) is 0 Å². The Kier molecular flexibility index (Phi) is 10.4. The first-order valence-electron chi connectivity index (χ1n) is 13.6. The van der Waals surface area contributed by atoms with Gasteiger partial charge in [-0.1, -0.05) is 25.3 Å². The third-order valence-electron chi connectivity index (χ3n) is 7.86. The zero-order valence-electron chi connectivity index (χ0n) is 22.8. The van der Waals surface area contributed by atoms with Crippen LogP contribution in [0.2, 0.25) is 0 Å². The van der Waals surface area contributed by atoms with Crippen LogP contribution in [0.4, 0.5) is 0 Å². The first kappa shape index (κ1) is 29.3. The predicted octanol–water partition coefficient (Wildman–Crippen LogP) is 2.29. The van der Waals surface area contributed by atoms with Gasteiger partial charge in [0, 0.05) is 13.0 Å². The number of nitrogens with zero attached hydrogens (tertiary/aromatic N) is 1. The first-order valence-corrected chi connectivity index (χ1v) is 13.6. The Bertz CT molecular complexity index is 1020. The highest BCUT2D eigenvalue weighted by atomic mass is 16.5. The van der Waals surface area contributed by atoms with Crippen molar-refractivity contribution in [3.63, 3.8) is 0 Å². The monoisotopic (exact) mass is 530 g/mol. The summed E-state index contributed by atoms with van der Waals surface area (Å²) in [7, 11) is 3.17. The SMILES string of the molecule is COc1cc([C@@H](C(=O)N2CCCC[C@H]2C(=O)N[C@@H](CCC(N)=O)C(N)=O)C2CCCCC2)cc(C)c1OC. The number of likely N-dealkylation sites (tertiary alicyclic amines) is 1. The third kappa shape index (κ3) is 6.96. The van der Waals surface area contributed by atoms with Crippen LogP contribution in [-0.2, 0) is 19.2 Å². The van der Waals surface area contributed by atoms with Crippen molar-refractivity contribution in [1.82, 2.24) is 10.2 Å². The number of amides is 4. The molecular formula is C28H42N4O6. The standard InChI is InChI=1S/C28H42N4O6/c1-17-15-19(16-22(37-2)25(17)38-3)24(18-9-5-4-6-10-18)28(36)32-14-8-7-11-21(32)27(35)31-20(26(30)34)12-13-23(29)33/h15-16,18,20-21,24H,4-14H2,1-3H3,(H2,29,33)(H2,30,34)(H,31,35)/t20-,21-,24-/m0/s1. The lowest BCUT2D eigenvalue weighted by Crippen LogP contribution is -2.57. The van der Waals surface area contributed by atoms with Gasteiger partial charge in [0.1, 0.15) is 12.1 Å². The second kappa shape index (κ2) is 13.5. The Morgan fingerprint density at radius 2 is 1.68 bits per heavy atom. The van der Waals surface area contributed by atoms with Gasteiger partial charge in [-0.3, -0.25) is 19.2 Å². The van der Waals surface area contributed by atoms with Crippen molar-refractivity contribution in [1.29, 1.82) is 0 Å². The maximum Gasteiger partial charge on any atom is 0.243 e. The lowest BCUT2D eigenvalue weighted by atomic mass is 9.75. The smallest absolute Gasteiger partial charge is 0.243 e. The van der Waals surface area contributed by atoms with Crippen LogP contribution in [0.5, 0.6) is 11.5 Å². The van der Waals surface area contributed by atoms with Crippen molar-refractivity contribution in [3.05, 3.63) is 23.3 Å². The minimum atomic E-state index is -1.03. The molecule has 1 aromatic rings. The largest absolute Gasteiger partial charge is 0.493 e. The Hall–Kier alpha value is -3.30. The molecule has 0 unspecified atom stereocenters. The van der Waals surface area contributed by atoms with E-state index in [0.29, 0.717) is 24.5 Å². The molecule has 4 amide bonds. The molecule has 38 heavy (non-hydrogen) atoms. The first-order chi connectivity index (χ1) is 18.2. The van der Waals surface area contributed by atoms with Crippen LogP contribution in [0.15, 0.2) is 12.1 Å². The van der Waals surface area contributed by atoms with Gasteiger partial charge < -0.3 is 31.2 Å². The number of ether oxygens (including phenoxy) is 2. The molecule has 5 N–H and O–H groups in total. The Labute approximate surface area is 224 Å². The fourth-order valence-electron chi connectivity index (χ4n) is 5.93. The van der Waals surface area contributed by atoms with Crippen LogP contribution in [-0.4, -0.2) is 61.4 Å². The van der Waals surface area contributed by atoms with Crippen molar-refractivity contribution in [2.45, 2.75) is 89.1 Å². The second-order valence-electron chi connectivity index (χ2n) is 10.5. The van der Waals surface area contributed by atoms with Crippen LogP contribution in [0.3, 0.4) is 0 Å². The van der Waals surface area contributed by atoms with E-state index < -0.39 is 35.7 Å². The van der Waals surface area contributed by atoms with Gasteiger partial charge in [0.15, 0.2) is 11.5 Å². The Morgan fingerprint density at radius 3 is 2.29 bits per heavy atom. The number of aryl methyl sites for hydroxylation is 1. The highest BCUT2D eigenvalue weighted by Crippen LogP contribution is 2.42. The highest BCUT2D eigenvalue weighted by molar-refractivity contribution is 5.93. The predicted molar refractivity (Wildman–Crippen MR) is 143 cm³/mol. The van der Waals surface area contributed by atoms with Gasteiger partial charge in [-0.05, 0) is 68.6 Å². The summed E-state index contributed by atoms with van der Waals surface area (Å²) in [5.74, 6) is -0.919. The summed E-state index contributed by atoms with van der Waals surface area (Å²) in [5, 5.41) is 2.68. The van der Waals surface area contributed by atoms with E-state index in [1.54, 1.807) is 19.1 Å². The van der Waals surface area contributed by atoms with E-state index in [4.69, 9.17) is 20.9 Å². The van der Waals surface area contributed by atoms with Crippen LogP contribution < -0.4 is 26.3 Å². The highest BCUT2D eigenvalue weighted by Gasteiger charge is 2.40. The van der Waals surface area contributed by atoms with Crippen molar-refractivity contribution >= 4 is 23.6 Å². The zero-order chi connectivity index (χ0) is 27.8. The maximum absolute atomic E-state index is 14.3. The van der Waals surface area contributed by atoms with Gasteiger partial charge >= 0.3 is 0 Å². The molecular weight excluding hydrogens is 488 g/mol. The van der Waals surface area contributed by atoms with Crippen molar-refractivity contribution in [2.75, 3.05) is 20.8 Å². The van der Waals surface area contributed by atoms with Gasteiger partial charge in [-0.2, -0.15) is 0 Å². The molecule has 2 fully saturated rings. The second-order valence-corrected chi connectivity index (χ2v) is 10.5. The topological polar surface area (TPSA) is 154 Å². The number of hydrogen-bond donors (Lipinski definition) is 3. The van der Waals surface area contributed by atoms with Gasteiger partial charge in [0.25, 0.3) is 0 Å². The Balaban J connectivity index is 1.92. The number of benzene rings is 1. The van der Waals surface area contributed by atoms with E-state index in [-0.39, 0.29) is 24.7 Å². The van der Waals surface area contributed by atoms with Crippen LogP contribution in [0, 0.1) is 12.8 Å². The number of rotatable bonds is 11. The van der Waals surface area contributed by atoms with E-state index >= 15 is 0 Å². The molecule has 0 radical (unpaired) electrons. The summed E-state index contributed by atoms with van der Waals surface area (Å²) in [6.07, 6.45) is 7.15. The molecule has 0 spiro atoms. The van der Waals surface area contributed by atoms with Gasteiger partial charge in [-0.25, -0.2) is 0 Å². The number of hydrogen-bond acceptors (Lipinski definition) is 6. The van der Waals surface area contributed by atoms with Crippen LogP contribution in [0.1, 0.15) is 81.3 Å². The fraction of sp³-hybridized carbons (Fsp3) is 0.643. The number of nitrogens with one attached hydrogen (secondary N) is 1. The average molecular weight is 531 g/mol. The third-order valence-corrected chi connectivity index (χ3v) is 7.86. The minimum Gasteiger partial charge on any atom is -0.493 e. The van der Waals surface area contributed by atoms with Crippen molar-refractivity contribution < 1.29 is 28.7 Å². The van der Waals surface area contributed by atoms with Crippen molar-refractivity contribution in [3.8, 4) is 11.5 Å². The molecule has 0 aromatic heterocycles. The molecule has 210 valence electrons. The molecule has 0 bridgehead atoms. The molecule has 3 rings (SSSR count). The molecule has 10 nitrogen and oxygen atoms in total. The minimum absolute atomic E-state index is 0.0205. The van der Waals surface area contributed by atoms with E-state index in [0.717, 1.165) is 56.1 Å². The Morgan fingerprint density at radius 1 is 1.00 bits per heavy atom. The molecule has 1 saturated carbocycles. The molecule has 2 aliphatic rings. The average Bonchev–Trinajstić information content (AvgIpc) is 2.90. The lowest BCUT2D eigenvalue weighted by Gasteiger charge is -2.40. The number of carbonyl (C=O) groups excluding carboxylic acids is 4. The fourth-order valence-corrected chi connectivity index (χ4v) is 5.93. The summed E-state index contributed by atoms with van der Waals surface area (Å²) < 4.78 is 11.1.